The van der Waals surface area contributed by atoms with Gasteiger partial charge in [-0.2, -0.15) is 5.10 Å². The lowest BCUT2D eigenvalue weighted by atomic mass is 10.2. The number of esters is 1. The molecule has 1 atom stereocenters. The molecule has 0 aliphatic carbocycles. The molecule has 0 aliphatic rings. The minimum Gasteiger partial charge on any atom is -0.462 e. The lowest BCUT2D eigenvalue weighted by Gasteiger charge is -2.10. The number of nitrogens with two attached hydrogens (primary N) is 1. The van der Waals surface area contributed by atoms with Gasteiger partial charge in [-0.25, -0.2) is 4.79 Å². The lowest BCUT2D eigenvalue weighted by Crippen LogP contribution is -2.37. The number of amides is 1. The first-order valence-electron chi connectivity index (χ1n) is 5.83. The van der Waals surface area contributed by atoms with Crippen molar-refractivity contribution in [3.8, 4) is 0 Å². The largest absolute Gasteiger partial charge is 0.462 e. The summed E-state index contributed by atoms with van der Waals surface area (Å²) in [5, 5.41) is 16.0. The summed E-state index contributed by atoms with van der Waals surface area (Å²) in [7, 11) is 1.68. The maximum absolute atomic E-state index is 11.7. The SMILES string of the molecule is CCOC(=O)c1cnn(C)c1CNCC(O)C(N)=O. The third-order valence-corrected chi connectivity index (χ3v) is 2.52. The summed E-state index contributed by atoms with van der Waals surface area (Å²) in [5.41, 5.74) is 5.88. The van der Waals surface area contributed by atoms with Crippen molar-refractivity contribution in [2.24, 2.45) is 12.8 Å². The summed E-state index contributed by atoms with van der Waals surface area (Å²) < 4.78 is 6.43. The number of rotatable bonds is 7. The van der Waals surface area contributed by atoms with E-state index < -0.39 is 18.0 Å². The van der Waals surface area contributed by atoms with E-state index in [-0.39, 0.29) is 19.7 Å². The fourth-order valence-electron chi connectivity index (χ4n) is 1.48. The van der Waals surface area contributed by atoms with Gasteiger partial charge in [-0.1, -0.05) is 0 Å². The highest BCUT2D eigenvalue weighted by molar-refractivity contribution is 5.90. The van der Waals surface area contributed by atoms with Crippen molar-refractivity contribution < 1.29 is 19.4 Å². The first-order chi connectivity index (χ1) is 8.97. The molecule has 8 nitrogen and oxygen atoms in total. The van der Waals surface area contributed by atoms with E-state index in [0.717, 1.165) is 0 Å². The van der Waals surface area contributed by atoms with Crippen molar-refractivity contribution in [1.29, 1.82) is 0 Å². The average molecular weight is 270 g/mol. The Bertz CT molecular complexity index is 458. The van der Waals surface area contributed by atoms with Crippen molar-refractivity contribution >= 4 is 11.9 Å². The van der Waals surface area contributed by atoms with Gasteiger partial charge < -0.3 is 20.9 Å². The van der Waals surface area contributed by atoms with E-state index in [2.05, 4.69) is 10.4 Å². The molecule has 0 aliphatic heterocycles. The number of nitrogens with one attached hydrogen (secondary N) is 1. The second-order valence-corrected chi connectivity index (χ2v) is 3.90. The van der Waals surface area contributed by atoms with Gasteiger partial charge in [0.1, 0.15) is 11.7 Å². The van der Waals surface area contributed by atoms with Crippen LogP contribution in [0.5, 0.6) is 0 Å². The lowest BCUT2D eigenvalue weighted by molar-refractivity contribution is -0.125. The molecule has 19 heavy (non-hydrogen) atoms. The van der Waals surface area contributed by atoms with E-state index in [0.29, 0.717) is 11.3 Å². The Morgan fingerprint density at radius 2 is 2.32 bits per heavy atom. The Hall–Kier alpha value is -1.93. The number of aromatic nitrogens is 2. The fraction of sp³-hybridized carbons (Fsp3) is 0.545. The summed E-state index contributed by atoms with van der Waals surface area (Å²) in [5.74, 6) is -1.26. The van der Waals surface area contributed by atoms with Crippen LogP contribution in [0.4, 0.5) is 0 Å². The number of hydrogen-bond donors (Lipinski definition) is 3. The van der Waals surface area contributed by atoms with Crippen LogP contribution in [0.1, 0.15) is 23.0 Å². The van der Waals surface area contributed by atoms with Gasteiger partial charge in [-0.05, 0) is 6.92 Å². The topological polar surface area (TPSA) is 119 Å². The number of carbonyl (C=O) groups is 2. The molecule has 8 heteroatoms. The van der Waals surface area contributed by atoms with Gasteiger partial charge in [0.05, 0.1) is 18.5 Å². The van der Waals surface area contributed by atoms with Crippen LogP contribution in [0, 0.1) is 0 Å². The number of aryl methyl sites for hydroxylation is 1. The molecule has 1 aromatic heterocycles. The molecule has 0 saturated carbocycles. The van der Waals surface area contributed by atoms with Gasteiger partial charge in [-0.3, -0.25) is 9.48 Å². The van der Waals surface area contributed by atoms with Gasteiger partial charge >= 0.3 is 5.97 Å². The van der Waals surface area contributed by atoms with Crippen molar-refractivity contribution in [1.82, 2.24) is 15.1 Å². The third-order valence-electron chi connectivity index (χ3n) is 2.52. The van der Waals surface area contributed by atoms with E-state index in [1.807, 2.05) is 0 Å². The number of aliphatic hydroxyl groups is 1. The fourth-order valence-corrected chi connectivity index (χ4v) is 1.48. The van der Waals surface area contributed by atoms with Crippen LogP contribution in [0.3, 0.4) is 0 Å². The summed E-state index contributed by atoms with van der Waals surface area (Å²) in [6.45, 7) is 2.26. The second-order valence-electron chi connectivity index (χ2n) is 3.90. The monoisotopic (exact) mass is 270 g/mol. The summed E-state index contributed by atoms with van der Waals surface area (Å²) in [6.07, 6.45) is 0.152. The van der Waals surface area contributed by atoms with Gasteiger partial charge in [0.25, 0.3) is 0 Å². The van der Waals surface area contributed by atoms with Crippen LogP contribution in [0.25, 0.3) is 0 Å². The van der Waals surface area contributed by atoms with Crippen LogP contribution < -0.4 is 11.1 Å². The molecule has 1 unspecified atom stereocenters. The van der Waals surface area contributed by atoms with Gasteiger partial charge in [0.2, 0.25) is 5.91 Å². The van der Waals surface area contributed by atoms with Crippen LogP contribution in [-0.2, 0) is 23.1 Å². The standard InChI is InChI=1S/C11H18N4O4/c1-3-19-11(18)7-4-14-15(2)8(7)5-13-6-9(16)10(12)17/h4,9,13,16H,3,5-6H2,1-2H3,(H2,12,17). The summed E-state index contributed by atoms with van der Waals surface area (Å²) in [6, 6.07) is 0. The Balaban J connectivity index is 2.65. The number of primary amides is 1. The number of aliphatic hydroxyl groups excluding tert-OH is 1. The highest BCUT2D eigenvalue weighted by Gasteiger charge is 2.17. The Morgan fingerprint density at radius 1 is 1.63 bits per heavy atom. The zero-order chi connectivity index (χ0) is 14.4. The van der Waals surface area contributed by atoms with Gasteiger partial charge in [-0.15, -0.1) is 0 Å². The number of carbonyl (C=O) groups excluding carboxylic acids is 2. The smallest absolute Gasteiger partial charge is 0.341 e. The molecule has 1 rings (SSSR count). The number of ether oxygens (including phenoxy) is 1. The summed E-state index contributed by atoms with van der Waals surface area (Å²) >= 11 is 0. The molecule has 0 fully saturated rings. The molecular weight excluding hydrogens is 252 g/mol. The van der Waals surface area contributed by atoms with Crippen molar-refractivity contribution in [3.63, 3.8) is 0 Å². The Morgan fingerprint density at radius 3 is 2.89 bits per heavy atom. The predicted octanol–water partition coefficient (Wildman–Crippen LogP) is -1.47. The molecule has 1 aromatic rings. The first-order valence-corrected chi connectivity index (χ1v) is 5.83. The highest BCUT2D eigenvalue weighted by atomic mass is 16.5. The van der Waals surface area contributed by atoms with Crippen LogP contribution in [-0.4, -0.2) is 46.0 Å². The Labute approximate surface area is 110 Å². The zero-order valence-corrected chi connectivity index (χ0v) is 10.9. The maximum Gasteiger partial charge on any atom is 0.341 e. The van der Waals surface area contributed by atoms with E-state index >= 15 is 0 Å². The zero-order valence-electron chi connectivity index (χ0n) is 10.9. The molecular formula is C11H18N4O4. The van der Waals surface area contributed by atoms with Gasteiger partial charge in [0, 0.05) is 20.1 Å². The van der Waals surface area contributed by atoms with E-state index in [4.69, 9.17) is 10.5 Å². The third kappa shape index (κ3) is 4.04. The maximum atomic E-state index is 11.7. The molecule has 0 saturated heterocycles. The molecule has 0 aromatic carbocycles. The minimum absolute atomic E-state index is 0.00276. The van der Waals surface area contributed by atoms with Crippen LogP contribution in [0.15, 0.2) is 6.20 Å². The highest BCUT2D eigenvalue weighted by Crippen LogP contribution is 2.09. The normalized spacial score (nSPS) is 12.2. The van der Waals surface area contributed by atoms with Crippen molar-refractivity contribution in [3.05, 3.63) is 17.5 Å². The van der Waals surface area contributed by atoms with Crippen LogP contribution >= 0.6 is 0 Å². The molecule has 1 heterocycles. The van der Waals surface area contributed by atoms with E-state index in [1.165, 1.54) is 10.9 Å². The van der Waals surface area contributed by atoms with E-state index in [1.54, 1.807) is 14.0 Å². The minimum atomic E-state index is -1.26. The van der Waals surface area contributed by atoms with Crippen molar-refractivity contribution in [2.75, 3.05) is 13.2 Å². The van der Waals surface area contributed by atoms with Crippen LogP contribution in [0.2, 0.25) is 0 Å². The molecule has 1 amide bonds. The molecule has 0 spiro atoms. The second kappa shape index (κ2) is 6.86. The first kappa shape index (κ1) is 15.1. The van der Waals surface area contributed by atoms with Gasteiger partial charge in [0.15, 0.2) is 0 Å². The Kier molecular flexibility index (Phi) is 5.46. The van der Waals surface area contributed by atoms with Crippen molar-refractivity contribution in [2.45, 2.75) is 19.6 Å². The predicted molar refractivity (Wildman–Crippen MR) is 66.1 cm³/mol. The molecule has 106 valence electrons. The number of nitrogens with zero attached hydrogens (tertiary/aromatic N) is 2. The average Bonchev–Trinajstić information content (AvgIpc) is 2.71. The van der Waals surface area contributed by atoms with E-state index in [9.17, 15) is 14.7 Å². The quantitative estimate of drug-likeness (QED) is 0.520. The number of hydrogen-bond acceptors (Lipinski definition) is 6. The molecule has 0 bridgehead atoms. The summed E-state index contributed by atoms with van der Waals surface area (Å²) in [4.78, 5) is 22.3. The molecule has 4 N–H and O–H groups in total. The molecule has 0 radical (unpaired) electrons.